The average Bonchev–Trinajstić information content (AvgIpc) is 2.65. The van der Waals surface area contributed by atoms with Crippen LogP contribution in [0.5, 0.6) is 0 Å². The van der Waals surface area contributed by atoms with Gasteiger partial charge in [0.25, 0.3) is 17.7 Å². The fraction of sp³-hybridized carbons (Fsp3) is 0.471. The molecule has 0 bridgehead atoms. The van der Waals surface area contributed by atoms with Gasteiger partial charge in [0.1, 0.15) is 0 Å². The molecule has 0 aliphatic rings. The van der Waals surface area contributed by atoms with Gasteiger partial charge in [-0.3, -0.25) is 14.4 Å². The molecule has 0 aliphatic heterocycles. The number of nitrogens with one attached hydrogen (secondary N) is 3. The van der Waals surface area contributed by atoms with Gasteiger partial charge in [-0.2, -0.15) is 0 Å². The number of methoxy groups -OCH3 is 2. The summed E-state index contributed by atoms with van der Waals surface area (Å²) >= 11 is 0. The Balaban J connectivity index is 3.03. The predicted octanol–water partition coefficient (Wildman–Crippen LogP) is -0.839. The van der Waals surface area contributed by atoms with Gasteiger partial charge in [-0.15, -0.1) is 0 Å². The Labute approximate surface area is 152 Å². The summed E-state index contributed by atoms with van der Waals surface area (Å²) in [7, 11) is 3.03. The highest BCUT2D eigenvalue weighted by Gasteiger charge is 2.16. The molecule has 1 aromatic carbocycles. The zero-order valence-electron chi connectivity index (χ0n) is 15.0. The van der Waals surface area contributed by atoms with Crippen LogP contribution in [0.15, 0.2) is 18.2 Å². The van der Waals surface area contributed by atoms with Crippen molar-refractivity contribution in [3.8, 4) is 0 Å². The number of carbonyl (C=O) groups is 3. The van der Waals surface area contributed by atoms with Crippen LogP contribution in [0.3, 0.4) is 0 Å². The van der Waals surface area contributed by atoms with Crippen LogP contribution in [0.1, 0.15) is 31.1 Å². The van der Waals surface area contributed by atoms with Gasteiger partial charge in [0.15, 0.2) is 0 Å². The minimum absolute atomic E-state index is 0.0679. The molecule has 1 rings (SSSR count). The molecule has 4 N–H and O–H groups in total. The maximum Gasteiger partial charge on any atom is 0.251 e. The summed E-state index contributed by atoms with van der Waals surface area (Å²) in [4.78, 5) is 36.7. The summed E-state index contributed by atoms with van der Waals surface area (Å²) in [6, 6.07) is 4.19. The summed E-state index contributed by atoms with van der Waals surface area (Å²) in [5.41, 5.74) is 0.499. The summed E-state index contributed by atoms with van der Waals surface area (Å²) in [6.45, 7) is 1.13. The number of hydrogen-bond acceptors (Lipinski definition) is 6. The van der Waals surface area contributed by atoms with Crippen molar-refractivity contribution in [3.63, 3.8) is 0 Å². The first kappa shape index (κ1) is 21.6. The molecule has 0 aliphatic carbocycles. The normalized spacial score (nSPS) is 10.3. The first-order valence-electron chi connectivity index (χ1n) is 8.12. The van der Waals surface area contributed by atoms with E-state index in [0.717, 1.165) is 0 Å². The Kier molecular flexibility index (Phi) is 9.91. The molecule has 26 heavy (non-hydrogen) atoms. The fourth-order valence-electron chi connectivity index (χ4n) is 2.03. The maximum absolute atomic E-state index is 12.3. The highest BCUT2D eigenvalue weighted by molar-refractivity contribution is 6.04. The second-order valence-electron chi connectivity index (χ2n) is 5.28. The molecule has 0 heterocycles. The molecule has 0 spiro atoms. The van der Waals surface area contributed by atoms with E-state index in [0.29, 0.717) is 26.3 Å². The van der Waals surface area contributed by atoms with E-state index < -0.39 is 17.7 Å². The van der Waals surface area contributed by atoms with E-state index in [9.17, 15) is 14.4 Å². The number of carbonyl (C=O) groups excluding carboxylic acids is 3. The molecular weight excluding hydrogens is 342 g/mol. The monoisotopic (exact) mass is 367 g/mol. The number of benzene rings is 1. The van der Waals surface area contributed by atoms with E-state index in [-0.39, 0.29) is 29.8 Å². The topological polar surface area (TPSA) is 126 Å². The second kappa shape index (κ2) is 12.0. The number of hydrogen-bond donors (Lipinski definition) is 4. The molecule has 9 heteroatoms. The predicted molar refractivity (Wildman–Crippen MR) is 94.3 cm³/mol. The van der Waals surface area contributed by atoms with Crippen LogP contribution < -0.4 is 16.0 Å². The summed E-state index contributed by atoms with van der Waals surface area (Å²) in [6.07, 6.45) is 0. The van der Waals surface area contributed by atoms with E-state index in [1.165, 1.54) is 32.4 Å². The van der Waals surface area contributed by atoms with Crippen LogP contribution in [0.25, 0.3) is 0 Å². The number of amides is 3. The van der Waals surface area contributed by atoms with Gasteiger partial charge in [0.05, 0.1) is 19.8 Å². The summed E-state index contributed by atoms with van der Waals surface area (Å²) < 4.78 is 9.75. The maximum atomic E-state index is 12.3. The molecule has 144 valence electrons. The average molecular weight is 367 g/mol. The van der Waals surface area contributed by atoms with Crippen molar-refractivity contribution >= 4 is 17.7 Å². The van der Waals surface area contributed by atoms with Crippen molar-refractivity contribution in [1.82, 2.24) is 16.0 Å². The van der Waals surface area contributed by atoms with Crippen LogP contribution in [0.2, 0.25) is 0 Å². The number of aliphatic hydroxyl groups is 1. The van der Waals surface area contributed by atoms with Gasteiger partial charge in [0.2, 0.25) is 0 Å². The van der Waals surface area contributed by atoms with E-state index >= 15 is 0 Å². The zero-order valence-corrected chi connectivity index (χ0v) is 15.0. The second-order valence-corrected chi connectivity index (χ2v) is 5.28. The largest absolute Gasteiger partial charge is 0.395 e. The lowest BCUT2D eigenvalue weighted by atomic mass is 10.0. The van der Waals surface area contributed by atoms with Crippen molar-refractivity contribution in [2.24, 2.45) is 0 Å². The third-order valence-electron chi connectivity index (χ3n) is 3.30. The number of rotatable bonds is 11. The molecule has 0 aromatic heterocycles. The van der Waals surface area contributed by atoms with Crippen LogP contribution in [0.4, 0.5) is 0 Å². The van der Waals surface area contributed by atoms with Crippen LogP contribution in [-0.2, 0) is 9.47 Å². The Morgan fingerprint density at radius 1 is 0.769 bits per heavy atom. The molecule has 0 radical (unpaired) electrons. The van der Waals surface area contributed by atoms with Crippen LogP contribution in [0, 0.1) is 0 Å². The van der Waals surface area contributed by atoms with Crippen LogP contribution in [-0.4, -0.2) is 76.5 Å². The minimum Gasteiger partial charge on any atom is -0.395 e. The summed E-state index contributed by atoms with van der Waals surface area (Å²) in [5, 5.41) is 16.6. The van der Waals surface area contributed by atoms with Crippen molar-refractivity contribution in [3.05, 3.63) is 34.9 Å². The Morgan fingerprint density at radius 3 is 1.42 bits per heavy atom. The molecule has 1 aromatic rings. The van der Waals surface area contributed by atoms with Gasteiger partial charge in [-0.05, 0) is 18.2 Å². The van der Waals surface area contributed by atoms with Gasteiger partial charge < -0.3 is 30.5 Å². The third-order valence-corrected chi connectivity index (χ3v) is 3.30. The number of ether oxygens (including phenoxy) is 2. The van der Waals surface area contributed by atoms with Crippen molar-refractivity contribution in [1.29, 1.82) is 0 Å². The van der Waals surface area contributed by atoms with E-state index in [2.05, 4.69) is 16.0 Å². The molecule has 0 unspecified atom stereocenters. The summed E-state index contributed by atoms with van der Waals surface area (Å²) in [5.74, 6) is -1.34. The van der Waals surface area contributed by atoms with E-state index in [1.54, 1.807) is 0 Å². The Hall–Kier alpha value is -2.49. The van der Waals surface area contributed by atoms with Crippen molar-refractivity contribution in [2.45, 2.75) is 0 Å². The highest BCUT2D eigenvalue weighted by Crippen LogP contribution is 2.11. The van der Waals surface area contributed by atoms with Crippen LogP contribution >= 0.6 is 0 Å². The minimum atomic E-state index is -0.489. The molecule has 3 amide bonds. The van der Waals surface area contributed by atoms with Crippen molar-refractivity contribution < 1.29 is 29.0 Å². The molecule has 0 saturated carbocycles. The lowest BCUT2D eigenvalue weighted by Gasteiger charge is -2.11. The first-order valence-corrected chi connectivity index (χ1v) is 8.12. The SMILES string of the molecule is COCCNC(=O)c1cc(C(=O)NCCO)cc(C(=O)NCCOC)c1. The molecule has 0 fully saturated rings. The third kappa shape index (κ3) is 7.18. The molecule has 0 atom stereocenters. The highest BCUT2D eigenvalue weighted by atomic mass is 16.5. The fourth-order valence-corrected chi connectivity index (χ4v) is 2.03. The van der Waals surface area contributed by atoms with Crippen molar-refractivity contribution in [2.75, 3.05) is 53.7 Å². The van der Waals surface area contributed by atoms with Gasteiger partial charge in [-0.1, -0.05) is 0 Å². The van der Waals surface area contributed by atoms with Gasteiger partial charge >= 0.3 is 0 Å². The molecule has 9 nitrogen and oxygen atoms in total. The Bertz CT molecular complexity index is 580. The first-order chi connectivity index (χ1) is 12.5. The lowest BCUT2D eigenvalue weighted by molar-refractivity contribution is 0.0937. The van der Waals surface area contributed by atoms with Gasteiger partial charge in [-0.25, -0.2) is 0 Å². The van der Waals surface area contributed by atoms with E-state index in [1.807, 2.05) is 0 Å². The molecule has 0 saturated heterocycles. The number of aliphatic hydroxyl groups excluding tert-OH is 1. The smallest absolute Gasteiger partial charge is 0.251 e. The quantitative estimate of drug-likeness (QED) is 0.378. The van der Waals surface area contributed by atoms with E-state index in [4.69, 9.17) is 14.6 Å². The lowest BCUT2D eigenvalue weighted by Crippen LogP contribution is -2.31. The standard InChI is InChI=1S/C17H25N3O6/c1-25-7-4-19-16(23)13-9-12(15(22)18-3-6-21)10-14(11-13)17(24)20-5-8-26-2/h9-11,21H,3-8H2,1-2H3,(H,18,22)(H,19,23)(H,20,24). The van der Waals surface area contributed by atoms with Gasteiger partial charge in [0, 0.05) is 50.5 Å². The Morgan fingerprint density at radius 2 is 1.12 bits per heavy atom. The zero-order chi connectivity index (χ0) is 19.4. The molecular formula is C17H25N3O6.